The Morgan fingerprint density at radius 1 is 1.00 bits per heavy atom. The van der Waals surface area contributed by atoms with E-state index in [1.54, 1.807) is 0 Å². The fraction of sp³-hybridized carbons (Fsp3) is 1.00. The van der Waals surface area contributed by atoms with Gasteiger partial charge in [0.15, 0.2) is 0 Å². The summed E-state index contributed by atoms with van der Waals surface area (Å²) < 4.78 is 0. The second-order valence-corrected chi connectivity index (χ2v) is 5.89. The highest BCUT2D eigenvalue weighted by Gasteiger charge is 2.46. The molecule has 2 aliphatic rings. The van der Waals surface area contributed by atoms with E-state index in [2.05, 4.69) is 27.7 Å². The van der Waals surface area contributed by atoms with Crippen LogP contribution >= 0.6 is 0 Å². The Morgan fingerprint density at radius 3 is 2.31 bits per heavy atom. The van der Waals surface area contributed by atoms with Crippen LogP contribution in [-0.4, -0.2) is 0 Å². The molecular formula is C13H24. The van der Waals surface area contributed by atoms with E-state index in [0.717, 1.165) is 35.5 Å². The Labute approximate surface area is 83.1 Å². The van der Waals surface area contributed by atoms with Crippen LogP contribution in [0.25, 0.3) is 0 Å². The molecule has 2 rings (SSSR count). The van der Waals surface area contributed by atoms with Crippen molar-refractivity contribution in [3.05, 3.63) is 0 Å². The molecule has 0 amide bonds. The summed E-state index contributed by atoms with van der Waals surface area (Å²) in [7, 11) is 0. The molecular weight excluding hydrogens is 156 g/mol. The van der Waals surface area contributed by atoms with Crippen LogP contribution in [0.5, 0.6) is 0 Å². The zero-order valence-electron chi connectivity index (χ0n) is 9.59. The Morgan fingerprint density at radius 2 is 1.69 bits per heavy atom. The Balaban J connectivity index is 2.09. The number of hydrogen-bond acceptors (Lipinski definition) is 0. The molecule has 0 heteroatoms. The molecule has 0 nitrogen and oxygen atoms in total. The fourth-order valence-corrected chi connectivity index (χ4v) is 4.03. The third-order valence-electron chi connectivity index (χ3n) is 5.01. The first-order valence-electron chi connectivity index (χ1n) is 6.11. The van der Waals surface area contributed by atoms with Gasteiger partial charge in [-0.25, -0.2) is 0 Å². The molecule has 0 aromatic heterocycles. The monoisotopic (exact) mass is 180 g/mol. The average molecular weight is 180 g/mol. The molecule has 13 heavy (non-hydrogen) atoms. The van der Waals surface area contributed by atoms with Crippen molar-refractivity contribution >= 4 is 0 Å². The minimum Gasteiger partial charge on any atom is -0.0625 e. The van der Waals surface area contributed by atoms with Crippen molar-refractivity contribution in [2.45, 2.75) is 47.0 Å². The van der Waals surface area contributed by atoms with Gasteiger partial charge in [-0.3, -0.25) is 0 Å². The van der Waals surface area contributed by atoms with E-state index in [1.807, 2.05) is 0 Å². The zero-order valence-corrected chi connectivity index (χ0v) is 9.59. The number of hydrogen-bond donors (Lipinski definition) is 0. The third-order valence-corrected chi connectivity index (χ3v) is 5.01. The van der Waals surface area contributed by atoms with E-state index >= 15 is 0 Å². The van der Waals surface area contributed by atoms with Crippen molar-refractivity contribution in [1.29, 1.82) is 0 Å². The SMILES string of the molecule is CC(C)C1CCC2C(C)C(C)CC12. The largest absolute Gasteiger partial charge is 0.0625 e. The molecule has 2 saturated carbocycles. The van der Waals surface area contributed by atoms with Gasteiger partial charge in [0.1, 0.15) is 0 Å². The van der Waals surface area contributed by atoms with Crippen molar-refractivity contribution in [2.24, 2.45) is 35.5 Å². The van der Waals surface area contributed by atoms with Crippen molar-refractivity contribution in [3.8, 4) is 0 Å². The van der Waals surface area contributed by atoms with E-state index in [-0.39, 0.29) is 0 Å². The molecule has 2 fully saturated rings. The van der Waals surface area contributed by atoms with E-state index in [9.17, 15) is 0 Å². The minimum atomic E-state index is 0.924. The van der Waals surface area contributed by atoms with Gasteiger partial charge in [0.2, 0.25) is 0 Å². The molecule has 0 aromatic rings. The summed E-state index contributed by atoms with van der Waals surface area (Å²) in [5.41, 5.74) is 0. The fourth-order valence-electron chi connectivity index (χ4n) is 4.03. The summed E-state index contributed by atoms with van der Waals surface area (Å²) in [6, 6.07) is 0. The lowest BCUT2D eigenvalue weighted by molar-refractivity contribution is 0.265. The smallest absolute Gasteiger partial charge is 0.0350 e. The molecule has 0 aromatic carbocycles. The molecule has 0 radical (unpaired) electrons. The van der Waals surface area contributed by atoms with Crippen molar-refractivity contribution in [3.63, 3.8) is 0 Å². The lowest BCUT2D eigenvalue weighted by atomic mass is 9.83. The molecule has 0 bridgehead atoms. The maximum absolute atomic E-state index is 2.48. The second kappa shape index (κ2) is 3.29. The summed E-state index contributed by atoms with van der Waals surface area (Å²) >= 11 is 0. The summed E-state index contributed by atoms with van der Waals surface area (Å²) in [4.78, 5) is 0. The van der Waals surface area contributed by atoms with Crippen molar-refractivity contribution in [2.75, 3.05) is 0 Å². The third kappa shape index (κ3) is 1.43. The molecule has 2 aliphatic carbocycles. The topological polar surface area (TPSA) is 0 Å². The van der Waals surface area contributed by atoms with Crippen LogP contribution in [0.15, 0.2) is 0 Å². The average Bonchev–Trinajstić information content (AvgIpc) is 2.55. The van der Waals surface area contributed by atoms with E-state index in [1.165, 1.54) is 19.3 Å². The lowest BCUT2D eigenvalue weighted by Crippen LogP contribution is -2.16. The molecule has 0 spiro atoms. The standard InChI is InChI=1S/C13H24/c1-8(2)11-5-6-12-10(4)9(3)7-13(11)12/h8-13H,5-7H2,1-4H3. The van der Waals surface area contributed by atoms with Crippen LogP contribution < -0.4 is 0 Å². The highest BCUT2D eigenvalue weighted by Crippen LogP contribution is 2.54. The predicted molar refractivity (Wildman–Crippen MR) is 57.5 cm³/mol. The van der Waals surface area contributed by atoms with Gasteiger partial charge in [-0.05, 0) is 54.8 Å². The van der Waals surface area contributed by atoms with Crippen molar-refractivity contribution < 1.29 is 0 Å². The predicted octanol–water partition coefficient (Wildman–Crippen LogP) is 3.96. The molecule has 76 valence electrons. The highest BCUT2D eigenvalue weighted by atomic mass is 14.5. The maximum Gasteiger partial charge on any atom is -0.0350 e. The van der Waals surface area contributed by atoms with Crippen LogP contribution in [0.3, 0.4) is 0 Å². The van der Waals surface area contributed by atoms with E-state index in [4.69, 9.17) is 0 Å². The Hall–Kier alpha value is 0. The van der Waals surface area contributed by atoms with Crippen LogP contribution in [0, 0.1) is 35.5 Å². The molecule has 0 heterocycles. The van der Waals surface area contributed by atoms with Crippen LogP contribution in [0.4, 0.5) is 0 Å². The Kier molecular flexibility index (Phi) is 2.42. The van der Waals surface area contributed by atoms with Gasteiger partial charge in [-0.1, -0.05) is 27.7 Å². The Bertz CT molecular complexity index is 180. The summed E-state index contributed by atoms with van der Waals surface area (Å²) in [5, 5.41) is 0. The van der Waals surface area contributed by atoms with E-state index in [0.29, 0.717) is 0 Å². The second-order valence-electron chi connectivity index (χ2n) is 5.89. The van der Waals surface area contributed by atoms with Crippen molar-refractivity contribution in [1.82, 2.24) is 0 Å². The van der Waals surface area contributed by atoms with Gasteiger partial charge >= 0.3 is 0 Å². The van der Waals surface area contributed by atoms with Gasteiger partial charge < -0.3 is 0 Å². The zero-order chi connectivity index (χ0) is 9.59. The van der Waals surface area contributed by atoms with Crippen LogP contribution in [-0.2, 0) is 0 Å². The minimum absolute atomic E-state index is 0.924. The van der Waals surface area contributed by atoms with Gasteiger partial charge in [0.05, 0.1) is 0 Å². The lowest BCUT2D eigenvalue weighted by Gasteiger charge is -2.22. The van der Waals surface area contributed by atoms with Crippen LogP contribution in [0.1, 0.15) is 47.0 Å². The van der Waals surface area contributed by atoms with Gasteiger partial charge in [-0.2, -0.15) is 0 Å². The molecule has 5 atom stereocenters. The first kappa shape index (κ1) is 9.55. The number of rotatable bonds is 1. The first-order valence-corrected chi connectivity index (χ1v) is 6.11. The summed E-state index contributed by atoms with van der Waals surface area (Å²) in [5.74, 6) is 6.16. The normalized spacial score (nSPS) is 50.1. The first-order chi connectivity index (χ1) is 6.11. The van der Waals surface area contributed by atoms with Gasteiger partial charge in [-0.15, -0.1) is 0 Å². The molecule has 0 saturated heterocycles. The van der Waals surface area contributed by atoms with Gasteiger partial charge in [0.25, 0.3) is 0 Å². The maximum atomic E-state index is 2.48. The van der Waals surface area contributed by atoms with Gasteiger partial charge in [0, 0.05) is 0 Å². The molecule has 5 unspecified atom stereocenters. The number of fused-ring (bicyclic) bond motifs is 1. The van der Waals surface area contributed by atoms with Crippen LogP contribution in [0.2, 0.25) is 0 Å². The quantitative estimate of drug-likeness (QED) is 0.573. The summed E-state index contributed by atoms with van der Waals surface area (Å²) in [6.07, 6.45) is 4.57. The molecule has 0 aliphatic heterocycles. The molecule has 0 N–H and O–H groups in total. The highest BCUT2D eigenvalue weighted by molar-refractivity contribution is 4.95. The summed E-state index contributed by atoms with van der Waals surface area (Å²) in [6.45, 7) is 9.78. The van der Waals surface area contributed by atoms with E-state index < -0.39 is 0 Å².